The molecule has 0 aliphatic heterocycles. The first kappa shape index (κ1) is 16.0. The molecular weight excluding hydrogens is 328 g/mol. The second-order valence-corrected chi connectivity index (χ2v) is 5.99. The Morgan fingerprint density at radius 2 is 2.00 bits per heavy atom. The third-order valence-corrected chi connectivity index (χ3v) is 3.92. The first-order valence-electron chi connectivity index (χ1n) is 7.24. The van der Waals surface area contributed by atoms with E-state index in [2.05, 4.69) is 33.9 Å². The van der Waals surface area contributed by atoms with E-state index < -0.39 is 0 Å². The maximum atomic E-state index is 6.07. The molecule has 0 bridgehead atoms. The number of benzene rings is 1. The highest BCUT2D eigenvalue weighted by Crippen LogP contribution is 2.25. The molecule has 0 spiro atoms. The summed E-state index contributed by atoms with van der Waals surface area (Å²) in [6.07, 6.45) is 6.28. The van der Waals surface area contributed by atoms with Crippen LogP contribution in [0.5, 0.6) is 5.75 Å². The summed E-state index contributed by atoms with van der Waals surface area (Å²) in [5.41, 5.74) is 8.46. The third-order valence-electron chi connectivity index (χ3n) is 3.43. The Morgan fingerprint density at radius 1 is 1.24 bits per heavy atom. The molecule has 1 aromatic carbocycles. The van der Waals surface area contributed by atoms with Gasteiger partial charge in [0, 0.05) is 29.3 Å². The van der Waals surface area contributed by atoms with E-state index in [9.17, 15) is 0 Å². The van der Waals surface area contributed by atoms with E-state index in [-0.39, 0.29) is 6.04 Å². The van der Waals surface area contributed by atoms with Crippen LogP contribution in [0, 0.1) is 0 Å². The van der Waals surface area contributed by atoms with Crippen molar-refractivity contribution in [1.82, 2.24) is 4.98 Å². The molecule has 21 heavy (non-hydrogen) atoms. The van der Waals surface area contributed by atoms with Crippen LogP contribution in [-0.4, -0.2) is 17.6 Å². The second kappa shape index (κ2) is 8.15. The normalized spacial score (nSPS) is 12.1. The molecule has 1 unspecified atom stereocenters. The van der Waals surface area contributed by atoms with Crippen LogP contribution in [0.4, 0.5) is 0 Å². The van der Waals surface area contributed by atoms with E-state index in [4.69, 9.17) is 10.5 Å². The molecule has 1 atom stereocenters. The van der Waals surface area contributed by atoms with E-state index in [1.54, 1.807) is 12.4 Å². The fourth-order valence-corrected chi connectivity index (χ4v) is 2.51. The number of rotatable bonds is 7. The number of nitrogens with zero attached hydrogens (tertiary/aromatic N) is 1. The van der Waals surface area contributed by atoms with Gasteiger partial charge in [-0.25, -0.2) is 0 Å². The van der Waals surface area contributed by atoms with Gasteiger partial charge in [-0.2, -0.15) is 0 Å². The summed E-state index contributed by atoms with van der Waals surface area (Å²) in [5.74, 6) is 0.927. The SMILES string of the molecule is CCC(N)Cc1cc(Br)ccc1OCCc1ccncc1. The number of pyridine rings is 1. The van der Waals surface area contributed by atoms with Crippen molar-refractivity contribution >= 4 is 15.9 Å². The van der Waals surface area contributed by atoms with Gasteiger partial charge in [0.05, 0.1) is 6.61 Å². The molecule has 2 N–H and O–H groups in total. The molecule has 1 aromatic heterocycles. The molecule has 1 heterocycles. The zero-order valence-electron chi connectivity index (χ0n) is 12.3. The molecule has 0 fully saturated rings. The Bertz CT molecular complexity index is 560. The van der Waals surface area contributed by atoms with Crippen LogP contribution in [0.15, 0.2) is 47.2 Å². The van der Waals surface area contributed by atoms with Crippen molar-refractivity contribution in [3.8, 4) is 5.75 Å². The van der Waals surface area contributed by atoms with Gasteiger partial charge in [-0.3, -0.25) is 4.98 Å². The largest absolute Gasteiger partial charge is 0.493 e. The fourth-order valence-electron chi connectivity index (χ4n) is 2.10. The number of aromatic nitrogens is 1. The molecule has 0 saturated heterocycles. The minimum absolute atomic E-state index is 0.168. The molecule has 2 rings (SSSR count). The van der Waals surface area contributed by atoms with Crippen LogP contribution in [0.2, 0.25) is 0 Å². The second-order valence-electron chi connectivity index (χ2n) is 5.08. The fraction of sp³-hybridized carbons (Fsp3) is 0.353. The van der Waals surface area contributed by atoms with Gasteiger partial charge in [0.2, 0.25) is 0 Å². The number of nitrogens with two attached hydrogens (primary N) is 1. The average Bonchev–Trinajstić information content (AvgIpc) is 2.50. The lowest BCUT2D eigenvalue weighted by Crippen LogP contribution is -2.21. The van der Waals surface area contributed by atoms with Crippen LogP contribution in [0.25, 0.3) is 0 Å². The van der Waals surface area contributed by atoms with Crippen molar-refractivity contribution < 1.29 is 4.74 Å². The Balaban J connectivity index is 1.98. The van der Waals surface area contributed by atoms with Crippen molar-refractivity contribution in [3.63, 3.8) is 0 Å². The van der Waals surface area contributed by atoms with Gasteiger partial charge in [-0.05, 0) is 54.3 Å². The monoisotopic (exact) mass is 348 g/mol. The highest BCUT2D eigenvalue weighted by Gasteiger charge is 2.09. The van der Waals surface area contributed by atoms with Gasteiger partial charge < -0.3 is 10.5 Å². The van der Waals surface area contributed by atoms with Crippen molar-refractivity contribution in [2.75, 3.05) is 6.61 Å². The molecule has 0 aliphatic carbocycles. The number of hydrogen-bond acceptors (Lipinski definition) is 3. The summed E-state index contributed by atoms with van der Waals surface area (Å²) in [7, 11) is 0. The van der Waals surface area contributed by atoms with Gasteiger partial charge >= 0.3 is 0 Å². The van der Waals surface area contributed by atoms with Crippen molar-refractivity contribution in [2.45, 2.75) is 32.2 Å². The van der Waals surface area contributed by atoms with Crippen LogP contribution in [-0.2, 0) is 12.8 Å². The van der Waals surface area contributed by atoms with E-state index in [1.165, 1.54) is 5.56 Å². The van der Waals surface area contributed by atoms with Crippen molar-refractivity contribution in [1.29, 1.82) is 0 Å². The van der Waals surface area contributed by atoms with Gasteiger partial charge in [-0.1, -0.05) is 22.9 Å². The van der Waals surface area contributed by atoms with E-state index in [0.29, 0.717) is 6.61 Å². The average molecular weight is 349 g/mol. The van der Waals surface area contributed by atoms with Gasteiger partial charge in [0.25, 0.3) is 0 Å². The first-order chi connectivity index (χ1) is 10.2. The lowest BCUT2D eigenvalue weighted by atomic mass is 10.0. The predicted molar refractivity (Wildman–Crippen MR) is 89.5 cm³/mol. The van der Waals surface area contributed by atoms with Crippen LogP contribution < -0.4 is 10.5 Å². The minimum Gasteiger partial charge on any atom is -0.493 e. The quantitative estimate of drug-likeness (QED) is 0.828. The van der Waals surface area contributed by atoms with Gasteiger partial charge in [-0.15, -0.1) is 0 Å². The molecule has 112 valence electrons. The molecule has 4 heteroatoms. The lowest BCUT2D eigenvalue weighted by molar-refractivity contribution is 0.317. The molecule has 0 amide bonds. The predicted octanol–water partition coefficient (Wildman–Crippen LogP) is 3.75. The Labute approximate surface area is 134 Å². The van der Waals surface area contributed by atoms with Crippen molar-refractivity contribution in [2.24, 2.45) is 5.73 Å². The van der Waals surface area contributed by atoms with Crippen LogP contribution in [0.3, 0.4) is 0 Å². The summed E-state index contributed by atoms with van der Waals surface area (Å²) in [6.45, 7) is 2.76. The lowest BCUT2D eigenvalue weighted by Gasteiger charge is -2.15. The first-order valence-corrected chi connectivity index (χ1v) is 8.04. The van der Waals surface area contributed by atoms with Crippen LogP contribution >= 0.6 is 15.9 Å². The highest BCUT2D eigenvalue weighted by molar-refractivity contribution is 9.10. The number of hydrogen-bond donors (Lipinski definition) is 1. The van der Waals surface area contributed by atoms with E-state index >= 15 is 0 Å². The standard InChI is InChI=1S/C17H21BrN2O/c1-2-16(19)12-14-11-15(18)3-4-17(14)21-10-7-13-5-8-20-9-6-13/h3-6,8-9,11,16H,2,7,10,12,19H2,1H3. The van der Waals surface area contributed by atoms with Crippen molar-refractivity contribution in [3.05, 3.63) is 58.3 Å². The zero-order valence-corrected chi connectivity index (χ0v) is 13.8. The van der Waals surface area contributed by atoms with E-state index in [1.807, 2.05) is 24.3 Å². The zero-order chi connectivity index (χ0) is 15.1. The molecule has 3 nitrogen and oxygen atoms in total. The minimum atomic E-state index is 0.168. The molecular formula is C17H21BrN2O. The maximum absolute atomic E-state index is 6.07. The topological polar surface area (TPSA) is 48.1 Å². The molecule has 0 saturated carbocycles. The third kappa shape index (κ3) is 5.14. The Kier molecular flexibility index (Phi) is 6.21. The summed E-state index contributed by atoms with van der Waals surface area (Å²) >= 11 is 3.51. The Morgan fingerprint density at radius 3 is 2.71 bits per heavy atom. The summed E-state index contributed by atoms with van der Waals surface area (Å²) in [6, 6.07) is 10.3. The van der Waals surface area contributed by atoms with Gasteiger partial charge in [0.1, 0.15) is 5.75 Å². The molecule has 2 aromatic rings. The number of halogens is 1. The number of ether oxygens (including phenoxy) is 1. The summed E-state index contributed by atoms with van der Waals surface area (Å²) in [4.78, 5) is 4.02. The summed E-state index contributed by atoms with van der Waals surface area (Å²) < 4.78 is 7.00. The molecule has 0 aliphatic rings. The van der Waals surface area contributed by atoms with Gasteiger partial charge in [0.15, 0.2) is 0 Å². The van der Waals surface area contributed by atoms with Crippen LogP contribution in [0.1, 0.15) is 24.5 Å². The smallest absolute Gasteiger partial charge is 0.122 e. The highest BCUT2D eigenvalue weighted by atomic mass is 79.9. The maximum Gasteiger partial charge on any atom is 0.122 e. The Hall–Kier alpha value is -1.39. The molecule has 0 radical (unpaired) electrons. The van der Waals surface area contributed by atoms with E-state index in [0.717, 1.165) is 35.0 Å². The summed E-state index contributed by atoms with van der Waals surface area (Å²) in [5, 5.41) is 0.